The lowest BCUT2D eigenvalue weighted by atomic mass is 9.86. The molecule has 1 aromatic carbocycles. The maximum Gasteiger partial charge on any atom is 0.306 e. The summed E-state index contributed by atoms with van der Waals surface area (Å²) >= 11 is 0. The third kappa shape index (κ3) is 3.89. The number of rotatable bonds is 4. The number of carboxylic acid groups (broad SMARTS) is 1. The zero-order valence-electron chi connectivity index (χ0n) is 18.1. The van der Waals surface area contributed by atoms with Gasteiger partial charge in [0.25, 0.3) is 11.5 Å². The first kappa shape index (κ1) is 21.7. The number of aliphatic carboxylic acids is 1. The molecule has 2 N–H and O–H groups in total. The monoisotopic (exact) mass is 460 g/mol. The highest BCUT2D eigenvalue weighted by molar-refractivity contribution is 6.01. The van der Waals surface area contributed by atoms with Crippen LogP contribution in [0.15, 0.2) is 59.8 Å². The topological polar surface area (TPSA) is 114 Å². The number of nitrogens with one attached hydrogen (secondary N) is 1. The molecule has 3 heterocycles. The fourth-order valence-corrected chi connectivity index (χ4v) is 4.53. The number of nitrogens with zero attached hydrogens (tertiary/aromatic N) is 3. The normalized spacial score (nSPS) is 18.1. The highest BCUT2D eigenvalue weighted by atomic mass is 19.1. The summed E-state index contributed by atoms with van der Waals surface area (Å²) in [5, 5.41) is 12.4. The molecule has 0 unspecified atom stereocenters. The van der Waals surface area contributed by atoms with Crippen molar-refractivity contribution in [3.8, 4) is 11.1 Å². The molecule has 1 amide bonds. The number of hydrogen-bond acceptors (Lipinski definition) is 5. The van der Waals surface area contributed by atoms with Crippen molar-refractivity contribution in [1.29, 1.82) is 0 Å². The SMILES string of the molecule is O=C(N[C@H]1CC[C@@H](C(=O)O)CC1)c1cccn2c(=O)c3cc(-c4ccncc4F)ccc3nc12. The maximum atomic E-state index is 14.2. The Bertz CT molecular complexity index is 1490. The fraction of sp³-hybridized carbons (Fsp3) is 0.240. The first-order valence-electron chi connectivity index (χ1n) is 11.0. The summed E-state index contributed by atoms with van der Waals surface area (Å²) in [4.78, 5) is 45.8. The average Bonchev–Trinajstić information content (AvgIpc) is 2.84. The van der Waals surface area contributed by atoms with E-state index in [9.17, 15) is 18.8 Å². The van der Waals surface area contributed by atoms with Crippen molar-refractivity contribution >= 4 is 28.4 Å². The zero-order valence-corrected chi connectivity index (χ0v) is 18.1. The van der Waals surface area contributed by atoms with E-state index in [0.29, 0.717) is 47.7 Å². The number of benzene rings is 1. The van der Waals surface area contributed by atoms with Crippen LogP contribution in [0.1, 0.15) is 36.0 Å². The highest BCUT2D eigenvalue weighted by Crippen LogP contribution is 2.26. The lowest BCUT2D eigenvalue weighted by Gasteiger charge is -2.26. The molecule has 1 saturated carbocycles. The Balaban J connectivity index is 1.50. The molecule has 1 aliphatic carbocycles. The van der Waals surface area contributed by atoms with Gasteiger partial charge in [-0.2, -0.15) is 0 Å². The van der Waals surface area contributed by atoms with Gasteiger partial charge in [0, 0.05) is 24.0 Å². The molecular weight excluding hydrogens is 439 g/mol. The van der Waals surface area contributed by atoms with Crippen molar-refractivity contribution in [2.24, 2.45) is 5.92 Å². The van der Waals surface area contributed by atoms with E-state index in [1.807, 2.05) is 0 Å². The second kappa shape index (κ2) is 8.66. The van der Waals surface area contributed by atoms with Crippen LogP contribution in [0, 0.1) is 11.7 Å². The lowest BCUT2D eigenvalue weighted by Crippen LogP contribution is -2.39. The van der Waals surface area contributed by atoms with Crippen LogP contribution in [0.3, 0.4) is 0 Å². The van der Waals surface area contributed by atoms with E-state index in [1.165, 1.54) is 16.7 Å². The van der Waals surface area contributed by atoms with Crippen molar-refractivity contribution in [2.75, 3.05) is 0 Å². The molecule has 0 saturated heterocycles. The van der Waals surface area contributed by atoms with Crippen molar-refractivity contribution in [3.05, 3.63) is 76.7 Å². The van der Waals surface area contributed by atoms with E-state index < -0.39 is 11.8 Å². The van der Waals surface area contributed by atoms with Crippen LogP contribution in [0.2, 0.25) is 0 Å². The molecule has 0 atom stereocenters. The number of halogens is 1. The molecule has 0 spiro atoms. The highest BCUT2D eigenvalue weighted by Gasteiger charge is 2.27. The first-order chi connectivity index (χ1) is 16.4. The van der Waals surface area contributed by atoms with Crippen molar-refractivity contribution in [2.45, 2.75) is 31.7 Å². The molecule has 0 aliphatic heterocycles. The van der Waals surface area contributed by atoms with Crippen LogP contribution >= 0.6 is 0 Å². The molecule has 1 fully saturated rings. The van der Waals surface area contributed by atoms with Gasteiger partial charge >= 0.3 is 5.97 Å². The van der Waals surface area contributed by atoms with Crippen LogP contribution in [0.4, 0.5) is 4.39 Å². The van der Waals surface area contributed by atoms with Gasteiger partial charge in [0.2, 0.25) is 0 Å². The van der Waals surface area contributed by atoms with Crippen molar-refractivity contribution < 1.29 is 19.1 Å². The van der Waals surface area contributed by atoms with E-state index in [2.05, 4.69) is 15.3 Å². The predicted octanol–water partition coefficient (Wildman–Crippen LogP) is 3.42. The largest absolute Gasteiger partial charge is 0.481 e. The number of fused-ring (bicyclic) bond motifs is 2. The maximum absolute atomic E-state index is 14.2. The number of aromatic nitrogens is 3. The van der Waals surface area contributed by atoms with E-state index in [1.54, 1.807) is 36.5 Å². The number of pyridine rings is 2. The Morgan fingerprint density at radius 2 is 1.91 bits per heavy atom. The second-order valence-electron chi connectivity index (χ2n) is 8.48. The van der Waals surface area contributed by atoms with Gasteiger partial charge in [-0.1, -0.05) is 6.07 Å². The van der Waals surface area contributed by atoms with E-state index >= 15 is 0 Å². The molecule has 3 aromatic heterocycles. The molecule has 5 rings (SSSR count). The molecule has 0 bridgehead atoms. The summed E-state index contributed by atoms with van der Waals surface area (Å²) in [7, 11) is 0. The zero-order chi connectivity index (χ0) is 23.8. The van der Waals surface area contributed by atoms with Crippen molar-refractivity contribution in [1.82, 2.24) is 19.7 Å². The van der Waals surface area contributed by atoms with Crippen molar-refractivity contribution in [3.63, 3.8) is 0 Å². The van der Waals surface area contributed by atoms with Gasteiger partial charge in [-0.3, -0.25) is 23.8 Å². The molecule has 8 nitrogen and oxygen atoms in total. The number of carbonyl (C=O) groups is 2. The Hall–Kier alpha value is -4.14. The molecular formula is C25H21FN4O4. The van der Waals surface area contributed by atoms with Gasteiger partial charge in [0.15, 0.2) is 5.65 Å². The smallest absolute Gasteiger partial charge is 0.306 e. The van der Waals surface area contributed by atoms with Gasteiger partial charge in [-0.25, -0.2) is 9.37 Å². The summed E-state index contributed by atoms with van der Waals surface area (Å²) < 4.78 is 15.5. The minimum atomic E-state index is -0.802. The lowest BCUT2D eigenvalue weighted by molar-refractivity contribution is -0.142. The van der Waals surface area contributed by atoms with Gasteiger partial charge in [0.1, 0.15) is 5.82 Å². The number of hydrogen-bond donors (Lipinski definition) is 2. The summed E-state index contributed by atoms with van der Waals surface area (Å²) in [5.74, 6) is -2.03. The van der Waals surface area contributed by atoms with Crippen LogP contribution < -0.4 is 10.9 Å². The first-order valence-corrected chi connectivity index (χ1v) is 11.0. The molecule has 34 heavy (non-hydrogen) atoms. The molecule has 4 aromatic rings. The number of carboxylic acids is 1. The van der Waals surface area contributed by atoms with E-state index in [0.717, 1.165) is 6.20 Å². The second-order valence-corrected chi connectivity index (χ2v) is 8.48. The minimum absolute atomic E-state index is 0.131. The van der Waals surface area contributed by atoms with Crippen LogP contribution in [-0.2, 0) is 4.79 Å². The summed E-state index contributed by atoms with van der Waals surface area (Å²) in [5.41, 5.74) is 1.35. The Morgan fingerprint density at radius 1 is 1.12 bits per heavy atom. The Morgan fingerprint density at radius 3 is 2.65 bits per heavy atom. The minimum Gasteiger partial charge on any atom is -0.481 e. The van der Waals surface area contributed by atoms with E-state index in [4.69, 9.17) is 5.11 Å². The molecule has 9 heteroatoms. The Kier molecular flexibility index (Phi) is 5.53. The van der Waals surface area contributed by atoms with Crippen LogP contribution in [0.5, 0.6) is 0 Å². The fourth-order valence-electron chi connectivity index (χ4n) is 4.53. The molecule has 172 valence electrons. The summed E-state index contributed by atoms with van der Waals surface area (Å²) in [6.45, 7) is 0. The molecule has 0 radical (unpaired) electrons. The third-order valence-corrected chi connectivity index (χ3v) is 6.38. The average molecular weight is 460 g/mol. The third-order valence-electron chi connectivity index (χ3n) is 6.38. The summed E-state index contributed by atoms with van der Waals surface area (Å²) in [6.07, 6.45) is 6.32. The number of carbonyl (C=O) groups excluding carboxylic acids is 1. The van der Waals surface area contributed by atoms with Gasteiger partial charge in [0.05, 0.1) is 28.6 Å². The molecule has 1 aliphatic rings. The van der Waals surface area contributed by atoms with Gasteiger partial charge < -0.3 is 10.4 Å². The van der Waals surface area contributed by atoms with E-state index in [-0.39, 0.29) is 34.6 Å². The summed E-state index contributed by atoms with van der Waals surface area (Å²) in [6, 6.07) is 9.50. The predicted molar refractivity (Wildman–Crippen MR) is 123 cm³/mol. The Labute approximate surface area is 193 Å². The van der Waals surface area contributed by atoms with Crippen LogP contribution in [-0.4, -0.2) is 37.4 Å². The number of amides is 1. The van der Waals surface area contributed by atoms with Crippen LogP contribution in [0.25, 0.3) is 27.7 Å². The van der Waals surface area contributed by atoms with Gasteiger partial charge in [-0.15, -0.1) is 0 Å². The van der Waals surface area contributed by atoms with Gasteiger partial charge in [-0.05, 0) is 61.6 Å². The standard InChI is InChI=1S/C25H21FN4O4/c26-20-13-27-10-9-17(20)15-5-8-21-19(12-15)24(32)30-11-1-2-18(22(30)29-21)23(31)28-16-6-3-14(4-7-16)25(33)34/h1-2,5,8-14,16H,3-4,6-7H2,(H,28,31)(H,33,34)/t14-,16+. The quantitative estimate of drug-likeness (QED) is 0.451.